The first kappa shape index (κ1) is 10.4. The molecule has 0 amide bonds. The van der Waals surface area contributed by atoms with Crippen LogP contribution in [0, 0.1) is 5.41 Å². The minimum absolute atomic E-state index is 0.0745. The highest BCUT2D eigenvalue weighted by atomic mass is 16.5. The second-order valence-electron chi connectivity index (χ2n) is 5.75. The van der Waals surface area contributed by atoms with E-state index in [-0.39, 0.29) is 11.0 Å². The number of aliphatic hydroxyl groups is 1. The average Bonchev–Trinajstić information content (AvgIpc) is 2.38. The van der Waals surface area contributed by atoms with E-state index in [9.17, 15) is 5.11 Å². The largest absolute Gasteiger partial charge is 0.396 e. The first-order valence-corrected chi connectivity index (χ1v) is 5.84. The van der Waals surface area contributed by atoms with E-state index < -0.39 is 0 Å². The molecule has 0 aromatic heterocycles. The number of aliphatic hydroxyl groups excluding tert-OH is 1. The summed E-state index contributed by atoms with van der Waals surface area (Å²) in [5, 5.41) is 9.37. The monoisotopic (exact) mass is 198 g/mol. The summed E-state index contributed by atoms with van der Waals surface area (Å²) >= 11 is 0. The fraction of sp³-hybridized carbons (Fsp3) is 1.00. The Bertz CT molecular complexity index is 201. The van der Waals surface area contributed by atoms with Crippen molar-refractivity contribution >= 4 is 0 Å². The van der Waals surface area contributed by atoms with Crippen LogP contribution in [0.1, 0.15) is 52.4 Å². The maximum Gasteiger partial charge on any atom is 0.0631 e. The van der Waals surface area contributed by atoms with Crippen molar-refractivity contribution < 1.29 is 9.84 Å². The van der Waals surface area contributed by atoms with Crippen molar-refractivity contribution in [1.29, 1.82) is 0 Å². The molecule has 2 fully saturated rings. The summed E-state index contributed by atoms with van der Waals surface area (Å²) in [6, 6.07) is 0. The lowest BCUT2D eigenvalue weighted by molar-refractivity contribution is -0.0630. The Morgan fingerprint density at radius 3 is 2.36 bits per heavy atom. The zero-order chi connectivity index (χ0) is 10.2. The van der Waals surface area contributed by atoms with E-state index in [1.54, 1.807) is 0 Å². The van der Waals surface area contributed by atoms with Crippen LogP contribution in [0.25, 0.3) is 0 Å². The lowest BCUT2D eigenvalue weighted by Crippen LogP contribution is -2.37. The van der Waals surface area contributed by atoms with Gasteiger partial charge in [0, 0.05) is 6.61 Å². The van der Waals surface area contributed by atoms with Gasteiger partial charge in [0.25, 0.3) is 0 Å². The van der Waals surface area contributed by atoms with Gasteiger partial charge >= 0.3 is 0 Å². The summed E-state index contributed by atoms with van der Waals surface area (Å²) < 4.78 is 5.97. The van der Waals surface area contributed by atoms with Gasteiger partial charge in [-0.25, -0.2) is 0 Å². The number of hydrogen-bond donors (Lipinski definition) is 1. The zero-order valence-electron chi connectivity index (χ0n) is 9.38. The molecule has 2 nitrogen and oxygen atoms in total. The predicted molar refractivity (Wildman–Crippen MR) is 56.2 cm³/mol. The van der Waals surface area contributed by atoms with Crippen LogP contribution in [0.3, 0.4) is 0 Å². The van der Waals surface area contributed by atoms with Gasteiger partial charge in [-0.05, 0) is 51.4 Å². The number of hydrogen-bond acceptors (Lipinski definition) is 2. The fourth-order valence-corrected chi connectivity index (χ4v) is 2.81. The predicted octanol–water partition coefficient (Wildman–Crippen LogP) is 2.50. The molecule has 0 aromatic carbocycles. The minimum Gasteiger partial charge on any atom is -0.396 e. The van der Waals surface area contributed by atoms with Crippen LogP contribution >= 0.6 is 0 Å². The third-order valence-electron chi connectivity index (χ3n) is 3.96. The molecular weight excluding hydrogens is 176 g/mol. The maximum absolute atomic E-state index is 9.37. The maximum atomic E-state index is 9.37. The molecule has 1 atom stereocenters. The molecule has 0 aromatic rings. The fourth-order valence-electron chi connectivity index (χ4n) is 2.81. The molecule has 82 valence electrons. The Labute approximate surface area is 86.6 Å². The van der Waals surface area contributed by atoms with Crippen LogP contribution in [0.5, 0.6) is 0 Å². The standard InChI is InChI=1S/C12H22O2/c1-11(2)7-4-10(14-11)8-12(9-13)5-3-6-12/h10,13H,3-9H2,1-2H3. The lowest BCUT2D eigenvalue weighted by atomic mass is 9.66. The molecule has 1 N–H and O–H groups in total. The minimum atomic E-state index is 0.0745. The van der Waals surface area contributed by atoms with Gasteiger partial charge in [-0.3, -0.25) is 0 Å². The van der Waals surface area contributed by atoms with Gasteiger partial charge in [0.15, 0.2) is 0 Å². The highest BCUT2D eigenvalue weighted by Gasteiger charge is 2.42. The first-order chi connectivity index (χ1) is 6.55. The quantitative estimate of drug-likeness (QED) is 0.755. The van der Waals surface area contributed by atoms with Crippen LogP contribution < -0.4 is 0 Å². The van der Waals surface area contributed by atoms with Gasteiger partial charge in [-0.1, -0.05) is 6.42 Å². The van der Waals surface area contributed by atoms with E-state index in [4.69, 9.17) is 4.74 Å². The molecule has 1 heterocycles. The second-order valence-corrected chi connectivity index (χ2v) is 5.75. The molecule has 1 aliphatic heterocycles. The van der Waals surface area contributed by atoms with E-state index in [1.165, 1.54) is 32.1 Å². The van der Waals surface area contributed by atoms with Crippen molar-refractivity contribution in [3.05, 3.63) is 0 Å². The average molecular weight is 198 g/mol. The molecule has 2 aliphatic rings. The first-order valence-electron chi connectivity index (χ1n) is 5.84. The molecule has 0 radical (unpaired) electrons. The molecule has 2 rings (SSSR count). The normalized spacial score (nSPS) is 34.1. The Kier molecular flexibility index (Phi) is 2.61. The Balaban J connectivity index is 1.86. The third-order valence-corrected chi connectivity index (χ3v) is 3.96. The van der Waals surface area contributed by atoms with E-state index in [2.05, 4.69) is 13.8 Å². The molecule has 0 spiro atoms. The van der Waals surface area contributed by atoms with Crippen molar-refractivity contribution in [2.24, 2.45) is 5.41 Å². The molecule has 2 heteroatoms. The lowest BCUT2D eigenvalue weighted by Gasteiger charge is -2.42. The van der Waals surface area contributed by atoms with Crippen LogP contribution in [0.2, 0.25) is 0 Å². The van der Waals surface area contributed by atoms with Gasteiger partial charge in [0.2, 0.25) is 0 Å². The third kappa shape index (κ3) is 1.96. The molecule has 14 heavy (non-hydrogen) atoms. The van der Waals surface area contributed by atoms with Gasteiger partial charge in [0.1, 0.15) is 0 Å². The Morgan fingerprint density at radius 2 is 2.00 bits per heavy atom. The number of ether oxygens (including phenoxy) is 1. The summed E-state index contributed by atoms with van der Waals surface area (Å²) in [5.74, 6) is 0. The Morgan fingerprint density at radius 1 is 1.29 bits per heavy atom. The Hall–Kier alpha value is -0.0800. The van der Waals surface area contributed by atoms with Crippen LogP contribution in [0.15, 0.2) is 0 Å². The van der Waals surface area contributed by atoms with Crippen LogP contribution in [-0.4, -0.2) is 23.4 Å². The summed E-state index contributed by atoms with van der Waals surface area (Å²) in [6.45, 7) is 4.69. The van der Waals surface area contributed by atoms with E-state index >= 15 is 0 Å². The summed E-state index contributed by atoms with van der Waals surface area (Å²) in [4.78, 5) is 0. The molecule has 1 aliphatic carbocycles. The van der Waals surface area contributed by atoms with E-state index in [0.29, 0.717) is 12.7 Å². The van der Waals surface area contributed by atoms with Gasteiger partial charge in [0.05, 0.1) is 11.7 Å². The van der Waals surface area contributed by atoms with Crippen molar-refractivity contribution in [1.82, 2.24) is 0 Å². The zero-order valence-corrected chi connectivity index (χ0v) is 9.38. The van der Waals surface area contributed by atoms with Gasteiger partial charge < -0.3 is 9.84 Å². The SMILES string of the molecule is CC1(C)CCC(CC2(CO)CCC2)O1. The molecule has 1 saturated carbocycles. The topological polar surface area (TPSA) is 29.5 Å². The van der Waals surface area contributed by atoms with Crippen LogP contribution in [0.4, 0.5) is 0 Å². The summed E-state index contributed by atoms with van der Waals surface area (Å²) in [6.07, 6.45) is 7.50. The molecule has 1 unspecified atom stereocenters. The number of rotatable bonds is 3. The highest BCUT2D eigenvalue weighted by Crippen LogP contribution is 2.47. The van der Waals surface area contributed by atoms with Crippen molar-refractivity contribution in [3.63, 3.8) is 0 Å². The smallest absolute Gasteiger partial charge is 0.0631 e. The van der Waals surface area contributed by atoms with Gasteiger partial charge in [-0.15, -0.1) is 0 Å². The molecule has 0 bridgehead atoms. The van der Waals surface area contributed by atoms with E-state index in [1.807, 2.05) is 0 Å². The van der Waals surface area contributed by atoms with Crippen molar-refractivity contribution in [3.8, 4) is 0 Å². The molecular formula is C12H22O2. The van der Waals surface area contributed by atoms with Crippen molar-refractivity contribution in [2.45, 2.75) is 64.1 Å². The van der Waals surface area contributed by atoms with E-state index in [0.717, 1.165) is 6.42 Å². The summed E-state index contributed by atoms with van der Waals surface area (Å²) in [5.41, 5.74) is 0.302. The van der Waals surface area contributed by atoms with Crippen LogP contribution in [-0.2, 0) is 4.74 Å². The van der Waals surface area contributed by atoms with Crippen molar-refractivity contribution in [2.75, 3.05) is 6.61 Å². The highest BCUT2D eigenvalue weighted by molar-refractivity contribution is 4.92. The summed E-state index contributed by atoms with van der Waals surface area (Å²) in [7, 11) is 0. The van der Waals surface area contributed by atoms with Gasteiger partial charge in [-0.2, -0.15) is 0 Å². The molecule has 1 saturated heterocycles. The second kappa shape index (κ2) is 3.49.